The van der Waals surface area contributed by atoms with Crippen molar-refractivity contribution in [2.75, 3.05) is 12.3 Å². The Labute approximate surface area is 125 Å². The van der Waals surface area contributed by atoms with Gasteiger partial charge in [0.05, 0.1) is 12.1 Å². The summed E-state index contributed by atoms with van der Waals surface area (Å²) in [5, 5.41) is 1.15. The molecule has 1 heterocycles. The van der Waals surface area contributed by atoms with Crippen LogP contribution in [-0.2, 0) is 6.54 Å². The van der Waals surface area contributed by atoms with Crippen LogP contribution in [0.5, 0.6) is 5.75 Å². The molecule has 0 aliphatic rings. The molecule has 3 aromatic rings. The molecule has 0 unspecified atom stereocenters. The van der Waals surface area contributed by atoms with Gasteiger partial charge in [-0.3, -0.25) is 0 Å². The summed E-state index contributed by atoms with van der Waals surface area (Å²) in [5.74, 6) is 0.943. The summed E-state index contributed by atoms with van der Waals surface area (Å²) in [7, 11) is 0. The highest BCUT2D eigenvalue weighted by atomic mass is 16.5. The lowest BCUT2D eigenvalue weighted by Gasteiger charge is -2.11. The molecule has 3 rings (SSSR count). The monoisotopic (exact) mass is 280 g/mol. The van der Waals surface area contributed by atoms with E-state index in [0.29, 0.717) is 6.61 Å². The minimum Gasteiger partial charge on any atom is -0.493 e. The molecule has 0 amide bonds. The van der Waals surface area contributed by atoms with Crippen molar-refractivity contribution in [2.45, 2.75) is 20.4 Å². The zero-order valence-electron chi connectivity index (χ0n) is 12.5. The van der Waals surface area contributed by atoms with Crippen molar-refractivity contribution in [1.82, 2.24) is 4.57 Å². The number of benzene rings is 2. The Balaban J connectivity index is 2.02. The van der Waals surface area contributed by atoms with Crippen LogP contribution in [0.15, 0.2) is 48.7 Å². The number of ether oxygens (including phenoxy) is 1. The highest BCUT2D eigenvalue weighted by Gasteiger charge is 2.08. The Hall–Kier alpha value is -2.42. The topological polar surface area (TPSA) is 40.2 Å². The molecule has 2 N–H and O–H groups in total. The van der Waals surface area contributed by atoms with Gasteiger partial charge in [-0.2, -0.15) is 0 Å². The number of anilines is 1. The molecule has 0 saturated heterocycles. The summed E-state index contributed by atoms with van der Waals surface area (Å²) in [4.78, 5) is 0. The van der Waals surface area contributed by atoms with Crippen LogP contribution in [0.3, 0.4) is 0 Å². The lowest BCUT2D eigenvalue weighted by Crippen LogP contribution is -2.02. The smallest absolute Gasteiger partial charge is 0.128 e. The quantitative estimate of drug-likeness (QED) is 0.734. The van der Waals surface area contributed by atoms with Crippen LogP contribution in [0.2, 0.25) is 0 Å². The van der Waals surface area contributed by atoms with Gasteiger partial charge in [0.1, 0.15) is 5.75 Å². The Morgan fingerprint density at radius 1 is 1.10 bits per heavy atom. The number of aromatic nitrogens is 1. The van der Waals surface area contributed by atoms with Crippen molar-refractivity contribution < 1.29 is 4.74 Å². The van der Waals surface area contributed by atoms with E-state index in [1.54, 1.807) is 0 Å². The molecule has 1 aromatic heterocycles. The van der Waals surface area contributed by atoms with Gasteiger partial charge in [-0.25, -0.2) is 0 Å². The fourth-order valence-corrected chi connectivity index (χ4v) is 2.67. The number of fused-ring (bicyclic) bond motifs is 1. The summed E-state index contributed by atoms with van der Waals surface area (Å²) in [6.07, 6.45) is 2.11. The standard InChI is InChI=1S/C18H20N2O/c1-3-21-18-9-5-8-17-15(18)10-11-20(17)12-14-6-4-7-16(19)13(14)2/h4-11H,3,12,19H2,1-2H3. The lowest BCUT2D eigenvalue weighted by atomic mass is 10.1. The first-order valence-electron chi connectivity index (χ1n) is 7.25. The first-order chi connectivity index (χ1) is 10.2. The van der Waals surface area contributed by atoms with Gasteiger partial charge in [-0.05, 0) is 49.2 Å². The molecule has 21 heavy (non-hydrogen) atoms. The number of rotatable bonds is 4. The lowest BCUT2D eigenvalue weighted by molar-refractivity contribution is 0.344. The van der Waals surface area contributed by atoms with E-state index in [4.69, 9.17) is 10.5 Å². The third kappa shape index (κ3) is 2.47. The molecule has 0 aliphatic carbocycles. The zero-order valence-corrected chi connectivity index (χ0v) is 12.5. The third-order valence-electron chi connectivity index (χ3n) is 3.90. The SMILES string of the molecule is CCOc1cccc2c1ccn2Cc1cccc(N)c1C. The summed E-state index contributed by atoms with van der Waals surface area (Å²) >= 11 is 0. The normalized spacial score (nSPS) is 11.0. The van der Waals surface area contributed by atoms with Gasteiger partial charge in [0, 0.05) is 23.8 Å². The van der Waals surface area contributed by atoms with Crippen LogP contribution in [0.1, 0.15) is 18.1 Å². The fraction of sp³-hybridized carbons (Fsp3) is 0.222. The molecule has 0 radical (unpaired) electrons. The maximum atomic E-state index is 6.00. The van der Waals surface area contributed by atoms with Gasteiger partial charge < -0.3 is 15.0 Å². The van der Waals surface area contributed by atoms with Gasteiger partial charge in [-0.15, -0.1) is 0 Å². The molecule has 0 saturated carbocycles. The van der Waals surface area contributed by atoms with Gasteiger partial charge in [0.25, 0.3) is 0 Å². The first kappa shape index (κ1) is 13.6. The average molecular weight is 280 g/mol. The van der Waals surface area contributed by atoms with Gasteiger partial charge in [0.15, 0.2) is 0 Å². The molecule has 108 valence electrons. The molecule has 0 aliphatic heterocycles. The average Bonchev–Trinajstić information content (AvgIpc) is 2.89. The highest BCUT2D eigenvalue weighted by Crippen LogP contribution is 2.28. The van der Waals surface area contributed by atoms with Crippen molar-refractivity contribution in [3.8, 4) is 5.75 Å². The molecule has 3 nitrogen and oxygen atoms in total. The molecular formula is C18H20N2O. The number of hydrogen-bond acceptors (Lipinski definition) is 2. The van der Waals surface area contributed by atoms with E-state index in [-0.39, 0.29) is 0 Å². The van der Waals surface area contributed by atoms with E-state index in [9.17, 15) is 0 Å². The van der Waals surface area contributed by atoms with E-state index in [0.717, 1.165) is 28.9 Å². The Morgan fingerprint density at radius 3 is 2.71 bits per heavy atom. The van der Waals surface area contributed by atoms with E-state index >= 15 is 0 Å². The number of hydrogen-bond donors (Lipinski definition) is 1. The van der Waals surface area contributed by atoms with Crippen molar-refractivity contribution in [1.29, 1.82) is 0 Å². The number of nitrogen functional groups attached to an aromatic ring is 1. The maximum Gasteiger partial charge on any atom is 0.128 e. The van der Waals surface area contributed by atoms with E-state index < -0.39 is 0 Å². The van der Waals surface area contributed by atoms with E-state index in [1.807, 2.05) is 31.2 Å². The van der Waals surface area contributed by atoms with E-state index in [1.165, 1.54) is 11.1 Å². The minimum atomic E-state index is 0.679. The zero-order chi connectivity index (χ0) is 14.8. The van der Waals surface area contributed by atoms with Gasteiger partial charge in [0.2, 0.25) is 0 Å². The minimum absolute atomic E-state index is 0.679. The summed E-state index contributed by atoms with van der Waals surface area (Å²) in [5.41, 5.74) is 10.4. The highest BCUT2D eigenvalue weighted by molar-refractivity contribution is 5.86. The second kappa shape index (κ2) is 5.52. The second-order valence-electron chi connectivity index (χ2n) is 5.20. The predicted octanol–water partition coefficient (Wildman–Crippen LogP) is 3.98. The third-order valence-corrected chi connectivity index (χ3v) is 3.90. The first-order valence-corrected chi connectivity index (χ1v) is 7.25. The van der Waals surface area contributed by atoms with Crippen LogP contribution in [0.4, 0.5) is 5.69 Å². The van der Waals surface area contributed by atoms with Crippen LogP contribution >= 0.6 is 0 Å². The van der Waals surface area contributed by atoms with Crippen molar-refractivity contribution >= 4 is 16.6 Å². The summed E-state index contributed by atoms with van der Waals surface area (Å²) in [6, 6.07) is 14.4. The van der Waals surface area contributed by atoms with Crippen LogP contribution in [0, 0.1) is 6.92 Å². The Morgan fingerprint density at radius 2 is 1.90 bits per heavy atom. The Kier molecular flexibility index (Phi) is 3.57. The van der Waals surface area contributed by atoms with E-state index in [2.05, 4.69) is 35.9 Å². The molecule has 0 spiro atoms. The van der Waals surface area contributed by atoms with Crippen molar-refractivity contribution in [3.05, 3.63) is 59.8 Å². The van der Waals surface area contributed by atoms with Crippen LogP contribution in [-0.4, -0.2) is 11.2 Å². The fourth-order valence-electron chi connectivity index (χ4n) is 2.67. The summed E-state index contributed by atoms with van der Waals surface area (Å²) in [6.45, 7) is 5.57. The van der Waals surface area contributed by atoms with Gasteiger partial charge in [-0.1, -0.05) is 18.2 Å². The second-order valence-corrected chi connectivity index (χ2v) is 5.20. The van der Waals surface area contributed by atoms with Crippen LogP contribution in [0.25, 0.3) is 10.9 Å². The molecule has 0 bridgehead atoms. The molecule has 3 heteroatoms. The number of nitrogens with two attached hydrogens (primary N) is 1. The van der Waals surface area contributed by atoms with Crippen molar-refractivity contribution in [3.63, 3.8) is 0 Å². The molecule has 2 aromatic carbocycles. The largest absolute Gasteiger partial charge is 0.493 e. The summed E-state index contributed by atoms with van der Waals surface area (Å²) < 4.78 is 7.93. The number of nitrogens with zero attached hydrogens (tertiary/aromatic N) is 1. The molecular weight excluding hydrogens is 260 g/mol. The Bertz CT molecular complexity index is 774. The molecule has 0 fully saturated rings. The van der Waals surface area contributed by atoms with Crippen LogP contribution < -0.4 is 10.5 Å². The van der Waals surface area contributed by atoms with Crippen molar-refractivity contribution in [2.24, 2.45) is 0 Å². The maximum absolute atomic E-state index is 6.00. The molecule has 0 atom stereocenters. The van der Waals surface area contributed by atoms with Gasteiger partial charge >= 0.3 is 0 Å². The predicted molar refractivity (Wildman–Crippen MR) is 87.8 cm³/mol.